The molecule has 0 bridgehead atoms. The number of halogens is 2. The van der Waals surface area contributed by atoms with Crippen molar-refractivity contribution in [3.8, 4) is 0 Å². The van der Waals surface area contributed by atoms with Crippen molar-refractivity contribution in [2.24, 2.45) is 7.05 Å². The van der Waals surface area contributed by atoms with Gasteiger partial charge in [0.25, 0.3) is 5.92 Å². The Hall–Kier alpha value is -1.46. The fraction of sp³-hybridized carbons (Fsp3) is 0.429. The van der Waals surface area contributed by atoms with Gasteiger partial charge in [-0.2, -0.15) is 5.10 Å². The second-order valence-corrected chi connectivity index (χ2v) is 2.68. The van der Waals surface area contributed by atoms with E-state index in [1.807, 2.05) is 0 Å². The van der Waals surface area contributed by atoms with Gasteiger partial charge in [-0.05, 0) is 0 Å². The quantitative estimate of drug-likeness (QED) is 0.773. The van der Waals surface area contributed by atoms with E-state index in [0.29, 0.717) is 0 Å². The largest absolute Gasteiger partial charge is 0.481 e. The van der Waals surface area contributed by atoms with Gasteiger partial charge >= 0.3 is 5.97 Å². The number of rotatable bonds is 3. The average molecular weight is 190 g/mol. The van der Waals surface area contributed by atoms with E-state index < -0.39 is 18.3 Å². The van der Waals surface area contributed by atoms with Gasteiger partial charge in [-0.25, -0.2) is 8.78 Å². The lowest BCUT2D eigenvalue weighted by Crippen LogP contribution is -2.17. The zero-order valence-electron chi connectivity index (χ0n) is 6.87. The average Bonchev–Trinajstić information content (AvgIpc) is 2.32. The molecule has 13 heavy (non-hydrogen) atoms. The fourth-order valence-electron chi connectivity index (χ4n) is 0.902. The topological polar surface area (TPSA) is 55.1 Å². The molecule has 0 aliphatic heterocycles. The third kappa shape index (κ3) is 2.24. The molecule has 0 radical (unpaired) electrons. The number of carboxylic acid groups (broad SMARTS) is 1. The summed E-state index contributed by atoms with van der Waals surface area (Å²) in [6.45, 7) is 0. The lowest BCUT2D eigenvalue weighted by atomic mass is 10.1. The molecular formula is C7H8F2N2O2. The van der Waals surface area contributed by atoms with Gasteiger partial charge in [0, 0.05) is 13.2 Å². The minimum atomic E-state index is -3.35. The molecule has 0 saturated heterocycles. The zero-order valence-corrected chi connectivity index (χ0v) is 6.87. The molecule has 0 amide bonds. The standard InChI is InChI=1S/C7H8F2N2O2/c1-11-4-5(3-10-11)7(8,9)2-6(12)13/h3-4H,2H2,1H3,(H,12,13). The molecule has 6 heteroatoms. The highest BCUT2D eigenvalue weighted by Crippen LogP contribution is 2.30. The summed E-state index contributed by atoms with van der Waals surface area (Å²) in [4.78, 5) is 10.1. The number of aryl methyl sites for hydroxylation is 1. The maximum absolute atomic E-state index is 13.0. The van der Waals surface area contributed by atoms with Gasteiger partial charge in [0.2, 0.25) is 0 Å². The van der Waals surface area contributed by atoms with Crippen molar-refractivity contribution in [2.45, 2.75) is 12.3 Å². The molecule has 1 N–H and O–H groups in total. The summed E-state index contributed by atoms with van der Waals surface area (Å²) in [5.74, 6) is -4.88. The minimum Gasteiger partial charge on any atom is -0.481 e. The van der Waals surface area contributed by atoms with Gasteiger partial charge in [-0.15, -0.1) is 0 Å². The predicted octanol–water partition coefficient (Wildman–Crippen LogP) is 0.987. The molecule has 1 heterocycles. The molecule has 0 spiro atoms. The van der Waals surface area contributed by atoms with Crippen LogP contribution >= 0.6 is 0 Å². The van der Waals surface area contributed by atoms with E-state index in [9.17, 15) is 13.6 Å². The van der Waals surface area contributed by atoms with Crippen LogP contribution < -0.4 is 0 Å². The summed E-state index contributed by atoms with van der Waals surface area (Å²) in [5.41, 5.74) is -0.377. The lowest BCUT2D eigenvalue weighted by Gasteiger charge is -2.10. The number of aromatic nitrogens is 2. The van der Waals surface area contributed by atoms with Crippen LogP contribution in [0.2, 0.25) is 0 Å². The number of hydrogen-bond acceptors (Lipinski definition) is 2. The number of carbonyl (C=O) groups is 1. The van der Waals surface area contributed by atoms with Crippen LogP contribution in [0.1, 0.15) is 12.0 Å². The van der Waals surface area contributed by atoms with E-state index in [2.05, 4.69) is 5.10 Å². The van der Waals surface area contributed by atoms with Crippen LogP contribution in [0.5, 0.6) is 0 Å². The summed E-state index contributed by atoms with van der Waals surface area (Å²) < 4.78 is 27.2. The molecule has 0 aliphatic carbocycles. The Labute approximate surface area is 72.8 Å². The summed E-state index contributed by atoms with van der Waals surface area (Å²) in [7, 11) is 1.49. The first-order chi connectivity index (χ1) is 5.92. The number of aliphatic carboxylic acids is 1. The molecule has 0 aromatic carbocycles. The van der Waals surface area contributed by atoms with Crippen molar-refractivity contribution in [2.75, 3.05) is 0 Å². The van der Waals surface area contributed by atoms with E-state index in [1.165, 1.54) is 11.7 Å². The highest BCUT2D eigenvalue weighted by molar-refractivity contribution is 5.68. The minimum absolute atomic E-state index is 0.377. The van der Waals surface area contributed by atoms with Crippen molar-refractivity contribution in [1.82, 2.24) is 9.78 Å². The molecule has 1 aromatic rings. The van der Waals surface area contributed by atoms with E-state index >= 15 is 0 Å². The first-order valence-electron chi connectivity index (χ1n) is 3.50. The van der Waals surface area contributed by atoms with E-state index in [0.717, 1.165) is 12.4 Å². The monoisotopic (exact) mass is 190 g/mol. The van der Waals surface area contributed by atoms with Gasteiger partial charge in [-0.3, -0.25) is 9.48 Å². The molecule has 1 aromatic heterocycles. The molecule has 4 nitrogen and oxygen atoms in total. The molecule has 0 atom stereocenters. The Balaban J connectivity index is 2.86. The third-order valence-corrected chi connectivity index (χ3v) is 1.50. The van der Waals surface area contributed by atoms with Gasteiger partial charge < -0.3 is 5.11 Å². The van der Waals surface area contributed by atoms with Gasteiger partial charge in [0.1, 0.15) is 6.42 Å². The second kappa shape index (κ2) is 3.12. The van der Waals surface area contributed by atoms with Crippen LogP contribution in [-0.4, -0.2) is 20.9 Å². The maximum Gasteiger partial charge on any atom is 0.309 e. The van der Waals surface area contributed by atoms with E-state index in [1.54, 1.807) is 0 Å². The Morgan fingerprint density at radius 2 is 2.38 bits per heavy atom. The first kappa shape index (κ1) is 9.63. The number of carboxylic acids is 1. The molecule has 0 aliphatic rings. The predicted molar refractivity (Wildman–Crippen MR) is 39.4 cm³/mol. The van der Waals surface area contributed by atoms with Crippen LogP contribution in [0.25, 0.3) is 0 Å². The number of hydrogen-bond donors (Lipinski definition) is 1. The Morgan fingerprint density at radius 1 is 1.77 bits per heavy atom. The normalized spacial score (nSPS) is 11.6. The Kier molecular flexibility index (Phi) is 2.31. The van der Waals surface area contributed by atoms with E-state index in [-0.39, 0.29) is 5.56 Å². The lowest BCUT2D eigenvalue weighted by molar-refractivity contribution is -0.145. The molecule has 0 saturated carbocycles. The van der Waals surface area contributed by atoms with Crippen LogP contribution in [0.15, 0.2) is 12.4 Å². The Morgan fingerprint density at radius 3 is 2.77 bits per heavy atom. The smallest absolute Gasteiger partial charge is 0.309 e. The third-order valence-electron chi connectivity index (χ3n) is 1.50. The highest BCUT2D eigenvalue weighted by Gasteiger charge is 2.35. The summed E-state index contributed by atoms with van der Waals surface area (Å²) in [5, 5.41) is 11.7. The molecular weight excluding hydrogens is 182 g/mol. The number of alkyl halides is 2. The fourth-order valence-corrected chi connectivity index (χ4v) is 0.902. The SMILES string of the molecule is Cn1cc(C(F)(F)CC(=O)O)cn1. The highest BCUT2D eigenvalue weighted by atomic mass is 19.3. The molecule has 0 fully saturated rings. The molecule has 1 rings (SSSR count). The van der Waals surface area contributed by atoms with Crippen molar-refractivity contribution in [3.05, 3.63) is 18.0 Å². The second-order valence-electron chi connectivity index (χ2n) is 2.68. The van der Waals surface area contributed by atoms with Gasteiger partial charge in [0.05, 0.1) is 11.8 Å². The summed E-state index contributed by atoms with van der Waals surface area (Å²) >= 11 is 0. The van der Waals surface area contributed by atoms with Crippen LogP contribution in [0.4, 0.5) is 8.78 Å². The zero-order chi connectivity index (χ0) is 10.1. The first-order valence-corrected chi connectivity index (χ1v) is 3.50. The summed E-state index contributed by atoms with van der Waals surface area (Å²) in [6, 6.07) is 0. The van der Waals surface area contributed by atoms with E-state index in [4.69, 9.17) is 5.11 Å². The molecule has 0 unspecified atom stereocenters. The Bertz CT molecular complexity index is 322. The van der Waals surface area contributed by atoms with Crippen LogP contribution in [0.3, 0.4) is 0 Å². The van der Waals surface area contributed by atoms with Crippen molar-refractivity contribution < 1.29 is 18.7 Å². The van der Waals surface area contributed by atoms with Crippen molar-refractivity contribution in [3.63, 3.8) is 0 Å². The van der Waals surface area contributed by atoms with Crippen molar-refractivity contribution in [1.29, 1.82) is 0 Å². The van der Waals surface area contributed by atoms with Gasteiger partial charge in [-0.1, -0.05) is 0 Å². The van der Waals surface area contributed by atoms with Crippen LogP contribution in [0, 0.1) is 0 Å². The van der Waals surface area contributed by atoms with Crippen LogP contribution in [-0.2, 0) is 17.8 Å². The maximum atomic E-state index is 13.0. The number of nitrogens with zero attached hydrogens (tertiary/aromatic N) is 2. The summed E-state index contributed by atoms with van der Waals surface area (Å²) in [6.07, 6.45) is 0.852. The van der Waals surface area contributed by atoms with Gasteiger partial charge in [0.15, 0.2) is 0 Å². The van der Waals surface area contributed by atoms with Crippen molar-refractivity contribution >= 4 is 5.97 Å². The molecule has 72 valence electrons.